The van der Waals surface area contributed by atoms with Gasteiger partial charge in [0.2, 0.25) is 0 Å². The average Bonchev–Trinajstić information content (AvgIpc) is 2.87. The Bertz CT molecular complexity index is 881. The maximum atomic E-state index is 12.5. The van der Waals surface area contributed by atoms with Crippen LogP contribution in [0.3, 0.4) is 0 Å². The molecule has 2 aromatic carbocycles. The van der Waals surface area contributed by atoms with Crippen molar-refractivity contribution in [2.75, 3.05) is 13.2 Å². The fourth-order valence-electron chi connectivity index (χ4n) is 2.34. The molecule has 0 aromatic heterocycles. The first-order chi connectivity index (χ1) is 12.4. The fraction of sp³-hybridized carbons (Fsp3) is 0.158. The molecule has 1 aliphatic heterocycles. The first kappa shape index (κ1) is 18.8. The molecule has 1 fully saturated rings. The summed E-state index contributed by atoms with van der Waals surface area (Å²) in [7, 11) is 0. The summed E-state index contributed by atoms with van der Waals surface area (Å²) in [6.45, 7) is 2.42. The van der Waals surface area contributed by atoms with Crippen LogP contribution in [0.4, 0.5) is 4.79 Å². The second-order valence-electron chi connectivity index (χ2n) is 5.67. The minimum atomic E-state index is -0.335. The van der Waals surface area contributed by atoms with E-state index in [1.54, 1.807) is 24.3 Å². The first-order valence-electron chi connectivity index (χ1n) is 7.84. The molecule has 26 heavy (non-hydrogen) atoms. The molecule has 4 nitrogen and oxygen atoms in total. The third kappa shape index (κ3) is 4.41. The van der Waals surface area contributed by atoms with Crippen LogP contribution in [0.15, 0.2) is 47.4 Å². The normalized spacial score (nSPS) is 15.8. The minimum absolute atomic E-state index is 0.192. The van der Waals surface area contributed by atoms with Gasteiger partial charge >= 0.3 is 0 Å². The van der Waals surface area contributed by atoms with E-state index in [0.717, 1.165) is 17.3 Å². The van der Waals surface area contributed by atoms with Crippen molar-refractivity contribution >= 4 is 52.2 Å². The Morgan fingerprint density at radius 1 is 1.08 bits per heavy atom. The monoisotopic (exact) mass is 407 g/mol. The number of amides is 2. The van der Waals surface area contributed by atoms with Gasteiger partial charge in [-0.25, -0.2) is 0 Å². The molecule has 0 saturated carbocycles. The third-order valence-corrected chi connectivity index (χ3v) is 5.37. The molecule has 0 radical (unpaired) electrons. The molecule has 0 aliphatic carbocycles. The summed E-state index contributed by atoms with van der Waals surface area (Å²) in [6.07, 6.45) is 1.63. The van der Waals surface area contributed by atoms with Crippen molar-refractivity contribution in [2.45, 2.75) is 6.92 Å². The number of thioether (sulfide) groups is 1. The smallest absolute Gasteiger partial charge is 0.293 e. The van der Waals surface area contributed by atoms with E-state index < -0.39 is 0 Å². The summed E-state index contributed by atoms with van der Waals surface area (Å²) in [5, 5.41) is 0.519. The number of hydrogen-bond acceptors (Lipinski definition) is 4. The molecule has 1 aliphatic rings. The average molecular weight is 408 g/mol. The lowest BCUT2D eigenvalue weighted by molar-refractivity contribution is -0.123. The number of benzene rings is 2. The molecule has 0 unspecified atom stereocenters. The Morgan fingerprint density at radius 2 is 1.81 bits per heavy atom. The van der Waals surface area contributed by atoms with E-state index in [4.69, 9.17) is 27.9 Å². The Morgan fingerprint density at radius 3 is 2.50 bits per heavy atom. The van der Waals surface area contributed by atoms with Gasteiger partial charge in [0.15, 0.2) is 0 Å². The zero-order valence-corrected chi connectivity index (χ0v) is 16.2. The number of imide groups is 1. The van der Waals surface area contributed by atoms with Crippen molar-refractivity contribution in [3.05, 3.63) is 68.5 Å². The third-order valence-electron chi connectivity index (χ3n) is 3.72. The van der Waals surface area contributed by atoms with E-state index in [1.807, 2.05) is 31.2 Å². The maximum absolute atomic E-state index is 12.5. The number of aryl methyl sites for hydroxylation is 1. The Labute approximate surface area is 165 Å². The van der Waals surface area contributed by atoms with Crippen LogP contribution in [0.5, 0.6) is 5.75 Å². The Balaban J connectivity index is 1.63. The van der Waals surface area contributed by atoms with Gasteiger partial charge in [0.1, 0.15) is 12.4 Å². The van der Waals surface area contributed by atoms with E-state index in [9.17, 15) is 9.59 Å². The predicted octanol–water partition coefficient (Wildman–Crippen LogP) is 5.42. The van der Waals surface area contributed by atoms with Gasteiger partial charge in [0.25, 0.3) is 11.1 Å². The Hall–Kier alpha value is -1.95. The summed E-state index contributed by atoms with van der Waals surface area (Å²) >= 11 is 12.8. The summed E-state index contributed by atoms with van der Waals surface area (Å²) in [4.78, 5) is 26.1. The van der Waals surface area contributed by atoms with Gasteiger partial charge in [-0.05, 0) is 54.6 Å². The molecule has 0 spiro atoms. The zero-order chi connectivity index (χ0) is 18.7. The lowest BCUT2D eigenvalue weighted by Crippen LogP contribution is -2.32. The number of ether oxygens (including phenoxy) is 1. The molecule has 1 saturated heterocycles. The first-order valence-corrected chi connectivity index (χ1v) is 9.41. The minimum Gasteiger partial charge on any atom is -0.492 e. The highest BCUT2D eigenvalue weighted by atomic mass is 35.5. The lowest BCUT2D eigenvalue weighted by Gasteiger charge is -2.13. The van der Waals surface area contributed by atoms with Crippen molar-refractivity contribution in [1.82, 2.24) is 4.90 Å². The zero-order valence-electron chi connectivity index (χ0n) is 13.9. The van der Waals surface area contributed by atoms with Crippen molar-refractivity contribution < 1.29 is 14.3 Å². The molecule has 0 bridgehead atoms. The van der Waals surface area contributed by atoms with E-state index in [2.05, 4.69) is 0 Å². The van der Waals surface area contributed by atoms with Crippen molar-refractivity contribution in [3.8, 4) is 5.75 Å². The van der Waals surface area contributed by atoms with Crippen LogP contribution in [0.2, 0.25) is 10.0 Å². The van der Waals surface area contributed by atoms with Crippen molar-refractivity contribution in [3.63, 3.8) is 0 Å². The summed E-state index contributed by atoms with van der Waals surface area (Å²) in [5.41, 5.74) is 1.84. The van der Waals surface area contributed by atoms with Gasteiger partial charge in [0, 0.05) is 0 Å². The number of nitrogens with zero attached hydrogens (tertiary/aromatic N) is 1. The number of halogens is 2. The van der Waals surface area contributed by atoms with Gasteiger partial charge in [-0.3, -0.25) is 14.5 Å². The molecule has 1 heterocycles. The number of rotatable bonds is 5. The van der Waals surface area contributed by atoms with Crippen LogP contribution >= 0.6 is 35.0 Å². The molecule has 0 atom stereocenters. The fourth-order valence-corrected chi connectivity index (χ4v) is 3.51. The second-order valence-corrected chi connectivity index (χ2v) is 7.48. The quantitative estimate of drug-likeness (QED) is 0.620. The molecule has 2 amide bonds. The van der Waals surface area contributed by atoms with Gasteiger partial charge in [0.05, 0.1) is 21.5 Å². The molecule has 0 N–H and O–H groups in total. The number of carbonyl (C=O) groups excluding carboxylic acids is 2. The van der Waals surface area contributed by atoms with Crippen LogP contribution in [-0.2, 0) is 4.79 Å². The predicted molar refractivity (Wildman–Crippen MR) is 106 cm³/mol. The topological polar surface area (TPSA) is 46.6 Å². The molecule has 7 heteroatoms. The molecular weight excluding hydrogens is 393 g/mol. The van der Waals surface area contributed by atoms with Crippen LogP contribution in [0.1, 0.15) is 11.1 Å². The molecular formula is C19H15Cl2NO3S. The lowest BCUT2D eigenvalue weighted by atomic mass is 10.2. The van der Waals surface area contributed by atoms with Crippen molar-refractivity contribution in [2.24, 2.45) is 0 Å². The highest BCUT2D eigenvalue weighted by Gasteiger charge is 2.34. The number of hydrogen-bond donors (Lipinski definition) is 0. The van der Waals surface area contributed by atoms with Crippen LogP contribution < -0.4 is 4.74 Å². The van der Waals surface area contributed by atoms with Gasteiger partial charge < -0.3 is 4.74 Å². The van der Waals surface area contributed by atoms with Gasteiger partial charge in [-0.1, -0.05) is 47.0 Å². The summed E-state index contributed by atoms with van der Waals surface area (Å²) in [5.74, 6) is 0.368. The largest absolute Gasteiger partial charge is 0.492 e. The molecule has 3 rings (SSSR count). The van der Waals surface area contributed by atoms with Crippen molar-refractivity contribution in [1.29, 1.82) is 0 Å². The van der Waals surface area contributed by atoms with Crippen LogP contribution in [0, 0.1) is 6.92 Å². The number of carbonyl (C=O) groups is 2. The highest BCUT2D eigenvalue weighted by Crippen LogP contribution is 2.33. The van der Waals surface area contributed by atoms with Gasteiger partial charge in [-0.2, -0.15) is 0 Å². The maximum Gasteiger partial charge on any atom is 0.293 e. The van der Waals surface area contributed by atoms with E-state index in [0.29, 0.717) is 26.3 Å². The van der Waals surface area contributed by atoms with E-state index in [-0.39, 0.29) is 24.3 Å². The van der Waals surface area contributed by atoms with E-state index in [1.165, 1.54) is 4.90 Å². The molecule has 2 aromatic rings. The second kappa shape index (κ2) is 8.16. The van der Waals surface area contributed by atoms with Crippen LogP contribution in [-0.4, -0.2) is 29.2 Å². The van der Waals surface area contributed by atoms with Gasteiger partial charge in [-0.15, -0.1) is 0 Å². The highest BCUT2D eigenvalue weighted by molar-refractivity contribution is 8.18. The Kier molecular flexibility index (Phi) is 5.91. The standard InChI is InChI=1S/C19H15Cl2NO3S/c1-12-2-5-14(6-3-12)25-9-8-22-18(23)17(26-19(22)24)11-13-4-7-15(20)16(21)10-13/h2-7,10-11H,8-9H2,1H3/b17-11-. The summed E-state index contributed by atoms with van der Waals surface area (Å²) < 4.78 is 5.60. The SMILES string of the molecule is Cc1ccc(OCCN2C(=O)S/C(=C\c3ccc(Cl)c(Cl)c3)C2=O)cc1. The molecule has 134 valence electrons. The van der Waals surface area contributed by atoms with Crippen LogP contribution in [0.25, 0.3) is 6.08 Å². The van der Waals surface area contributed by atoms with E-state index >= 15 is 0 Å². The summed E-state index contributed by atoms with van der Waals surface area (Å²) in [6, 6.07) is 12.6.